The fourth-order valence-electron chi connectivity index (χ4n) is 3.61. The van der Waals surface area contributed by atoms with Crippen molar-refractivity contribution >= 4 is 27.6 Å². The molecule has 2 amide bonds. The molecular formula is C23H34FN3O7S. The van der Waals surface area contributed by atoms with Crippen molar-refractivity contribution in [3.05, 3.63) is 35.6 Å². The van der Waals surface area contributed by atoms with Crippen LogP contribution in [-0.4, -0.2) is 79.4 Å². The van der Waals surface area contributed by atoms with Crippen molar-refractivity contribution in [2.24, 2.45) is 11.3 Å². The van der Waals surface area contributed by atoms with Gasteiger partial charge in [-0.3, -0.25) is 14.4 Å². The van der Waals surface area contributed by atoms with Gasteiger partial charge in [0.15, 0.2) is 0 Å². The third-order valence-corrected chi connectivity index (χ3v) is 7.91. The second-order valence-corrected chi connectivity index (χ2v) is 11.4. The lowest BCUT2D eigenvalue weighted by molar-refractivity contribution is -0.139. The molecule has 10 nitrogen and oxygen atoms in total. The average Bonchev–Trinajstić information content (AvgIpc) is 2.81. The van der Waals surface area contributed by atoms with Gasteiger partial charge in [0.1, 0.15) is 11.9 Å². The predicted octanol–water partition coefficient (Wildman–Crippen LogP) is -0.0615. The van der Waals surface area contributed by atoms with Crippen molar-refractivity contribution in [2.75, 3.05) is 32.8 Å². The lowest BCUT2D eigenvalue weighted by Crippen LogP contribution is -2.46. The Labute approximate surface area is 204 Å². The van der Waals surface area contributed by atoms with Crippen LogP contribution >= 0.6 is 0 Å². The highest BCUT2D eigenvalue weighted by Gasteiger charge is 2.33. The molecule has 12 heteroatoms. The summed E-state index contributed by atoms with van der Waals surface area (Å²) in [4.78, 5) is 36.0. The van der Waals surface area contributed by atoms with Gasteiger partial charge in [-0.1, -0.05) is 26.0 Å². The molecule has 1 saturated heterocycles. The highest BCUT2D eigenvalue weighted by Crippen LogP contribution is 2.22. The van der Waals surface area contributed by atoms with Gasteiger partial charge in [-0.25, -0.2) is 17.1 Å². The van der Waals surface area contributed by atoms with Crippen LogP contribution in [0.15, 0.2) is 24.3 Å². The summed E-state index contributed by atoms with van der Waals surface area (Å²) in [7, 11) is -3.60. The van der Waals surface area contributed by atoms with Crippen LogP contribution in [0.2, 0.25) is 0 Å². The maximum absolute atomic E-state index is 13.3. The molecular weight excluding hydrogens is 481 g/mol. The second kappa shape index (κ2) is 12.5. The van der Waals surface area contributed by atoms with E-state index in [0.29, 0.717) is 18.4 Å². The van der Waals surface area contributed by atoms with Gasteiger partial charge >= 0.3 is 0 Å². The first kappa shape index (κ1) is 28.8. The van der Waals surface area contributed by atoms with Crippen molar-refractivity contribution < 1.29 is 37.4 Å². The normalized spacial score (nSPS) is 16.5. The Hall–Kier alpha value is -2.41. The van der Waals surface area contributed by atoms with Gasteiger partial charge < -0.3 is 20.8 Å². The monoisotopic (exact) mass is 515 g/mol. The predicted molar refractivity (Wildman–Crippen MR) is 126 cm³/mol. The molecule has 1 atom stereocenters. The Kier molecular flexibility index (Phi) is 10.3. The zero-order chi connectivity index (χ0) is 26.2. The number of nitrogens with one attached hydrogen (secondary N) is 2. The third-order valence-electron chi connectivity index (χ3n) is 6.06. The van der Waals surface area contributed by atoms with Gasteiger partial charge in [-0.15, -0.1) is 0 Å². The van der Waals surface area contributed by atoms with E-state index in [0.717, 1.165) is 0 Å². The van der Waals surface area contributed by atoms with E-state index in [2.05, 4.69) is 10.6 Å². The second-order valence-electron chi connectivity index (χ2n) is 9.45. The minimum Gasteiger partial charge on any atom is -0.396 e. The summed E-state index contributed by atoms with van der Waals surface area (Å²) < 4.78 is 39.9. The summed E-state index contributed by atoms with van der Waals surface area (Å²) in [6, 6.07) is 5.47. The number of rotatable bonds is 12. The summed E-state index contributed by atoms with van der Waals surface area (Å²) in [6.45, 7) is 3.25. The number of nitrogens with zero attached hydrogens (tertiary/aromatic N) is 1. The minimum absolute atomic E-state index is 0.00272. The zero-order valence-electron chi connectivity index (χ0n) is 20.0. The number of halogens is 1. The number of carbonyl (C=O) groups is 3. The zero-order valence-corrected chi connectivity index (χ0v) is 20.8. The van der Waals surface area contributed by atoms with Crippen LogP contribution in [0.1, 0.15) is 38.7 Å². The number of hydrogen-bond acceptors (Lipinski definition) is 7. The topological polar surface area (TPSA) is 153 Å². The molecule has 0 aromatic heterocycles. The van der Waals surface area contributed by atoms with Crippen LogP contribution in [0.5, 0.6) is 0 Å². The third kappa shape index (κ3) is 8.64. The number of Topliss-reactive ketones (excluding diaryl/α,β-unsaturated/α-hetero) is 1. The molecule has 0 bridgehead atoms. The molecule has 1 aromatic rings. The molecule has 0 radical (unpaired) electrons. The number of amides is 2. The lowest BCUT2D eigenvalue weighted by Gasteiger charge is -2.31. The number of aliphatic hydroxyl groups excluding tert-OH is 2. The number of aliphatic hydroxyl groups is 2. The standard InChI is InChI=1S/C23H34FN3O7S/c1-23(2,15-28)20(30)22(32)25-9-6-19(29)21(31)26-13-16-7-10-27(11-8-16)35(33,34)14-17-4-3-5-18(24)12-17/h3-5,12,16,20,28,30H,6-11,13-15H2,1-2H3,(H,25,32)(H,26,31)/t20-/m0/s1. The van der Waals surface area contributed by atoms with E-state index in [9.17, 15) is 37.4 Å². The fourth-order valence-corrected chi connectivity index (χ4v) is 5.16. The summed E-state index contributed by atoms with van der Waals surface area (Å²) in [5, 5.41) is 24.0. The Bertz CT molecular complexity index is 1010. The molecule has 0 unspecified atom stereocenters. The Balaban J connectivity index is 1.70. The van der Waals surface area contributed by atoms with Gasteiger partial charge in [-0.2, -0.15) is 0 Å². The SMILES string of the molecule is CC(C)(CO)[C@@H](O)C(=O)NCCC(=O)C(=O)NCC1CCN(S(=O)(=O)Cc2cccc(F)c2)CC1. The lowest BCUT2D eigenvalue weighted by atomic mass is 9.87. The molecule has 1 aliphatic rings. The fraction of sp³-hybridized carbons (Fsp3) is 0.609. The number of benzene rings is 1. The summed E-state index contributed by atoms with van der Waals surface area (Å²) in [6.07, 6.45) is -0.697. The van der Waals surface area contributed by atoms with Crippen molar-refractivity contribution in [3.63, 3.8) is 0 Å². The Morgan fingerprint density at radius 3 is 2.46 bits per heavy atom. The number of sulfonamides is 1. The summed E-state index contributed by atoms with van der Waals surface area (Å²) in [5.41, 5.74) is -0.666. The van der Waals surface area contributed by atoms with Gasteiger partial charge in [0.2, 0.25) is 21.7 Å². The van der Waals surface area contributed by atoms with E-state index >= 15 is 0 Å². The molecule has 4 N–H and O–H groups in total. The van der Waals surface area contributed by atoms with E-state index < -0.39 is 51.6 Å². The quantitative estimate of drug-likeness (QED) is 0.285. The molecule has 1 aliphatic heterocycles. The van der Waals surface area contributed by atoms with Crippen molar-refractivity contribution in [3.8, 4) is 0 Å². The average molecular weight is 516 g/mol. The van der Waals surface area contributed by atoms with E-state index in [4.69, 9.17) is 0 Å². The highest BCUT2D eigenvalue weighted by atomic mass is 32.2. The molecule has 1 fully saturated rings. The van der Waals surface area contributed by atoms with E-state index in [1.54, 1.807) is 6.07 Å². The number of piperidine rings is 1. The Morgan fingerprint density at radius 2 is 1.86 bits per heavy atom. The van der Waals surface area contributed by atoms with Crippen LogP contribution in [0, 0.1) is 17.2 Å². The van der Waals surface area contributed by atoms with Crippen LogP contribution in [0.4, 0.5) is 4.39 Å². The first-order valence-electron chi connectivity index (χ1n) is 11.5. The maximum atomic E-state index is 13.3. The van der Waals surface area contributed by atoms with Gasteiger partial charge in [0.25, 0.3) is 5.91 Å². The van der Waals surface area contributed by atoms with Crippen LogP contribution in [-0.2, 0) is 30.2 Å². The summed E-state index contributed by atoms with van der Waals surface area (Å²) in [5.74, 6) is -3.04. The van der Waals surface area contributed by atoms with E-state index in [-0.39, 0.29) is 44.3 Å². The van der Waals surface area contributed by atoms with E-state index in [1.165, 1.54) is 36.4 Å². The molecule has 0 spiro atoms. The van der Waals surface area contributed by atoms with E-state index in [1.807, 2.05) is 0 Å². The smallest absolute Gasteiger partial charge is 0.287 e. The molecule has 1 heterocycles. The largest absolute Gasteiger partial charge is 0.396 e. The van der Waals surface area contributed by atoms with Gasteiger partial charge in [-0.05, 0) is 36.5 Å². The number of carbonyl (C=O) groups excluding carboxylic acids is 3. The Morgan fingerprint density at radius 1 is 1.20 bits per heavy atom. The molecule has 35 heavy (non-hydrogen) atoms. The molecule has 0 aliphatic carbocycles. The highest BCUT2D eigenvalue weighted by molar-refractivity contribution is 7.88. The molecule has 2 rings (SSSR count). The molecule has 0 saturated carbocycles. The van der Waals surface area contributed by atoms with Crippen LogP contribution < -0.4 is 10.6 Å². The van der Waals surface area contributed by atoms with Crippen molar-refractivity contribution in [1.82, 2.24) is 14.9 Å². The van der Waals surface area contributed by atoms with Crippen molar-refractivity contribution in [1.29, 1.82) is 0 Å². The number of hydrogen-bond donors (Lipinski definition) is 4. The first-order valence-corrected chi connectivity index (χ1v) is 13.1. The van der Waals surface area contributed by atoms with Crippen LogP contribution in [0.25, 0.3) is 0 Å². The van der Waals surface area contributed by atoms with Gasteiger partial charge in [0, 0.05) is 38.0 Å². The van der Waals surface area contributed by atoms with Gasteiger partial charge in [0.05, 0.1) is 12.4 Å². The van der Waals surface area contributed by atoms with Crippen LogP contribution in [0.3, 0.4) is 0 Å². The maximum Gasteiger partial charge on any atom is 0.287 e. The molecule has 1 aromatic carbocycles. The van der Waals surface area contributed by atoms with Crippen molar-refractivity contribution in [2.45, 2.75) is 45.0 Å². The summed E-state index contributed by atoms with van der Waals surface area (Å²) >= 11 is 0. The first-order chi connectivity index (χ1) is 16.4. The molecule has 196 valence electrons. The number of ketones is 1. The minimum atomic E-state index is -3.60.